The monoisotopic (exact) mass is 253 g/mol. The highest BCUT2D eigenvalue weighted by Crippen LogP contribution is 2.42. The molecule has 104 valence electrons. The minimum atomic E-state index is -0.592. The third kappa shape index (κ3) is 2.18. The molecule has 2 aliphatic rings. The average Bonchev–Trinajstić information content (AvgIpc) is 2.95. The van der Waals surface area contributed by atoms with E-state index in [1.807, 2.05) is 0 Å². The van der Waals surface area contributed by atoms with Gasteiger partial charge in [-0.2, -0.15) is 0 Å². The van der Waals surface area contributed by atoms with Gasteiger partial charge >= 0.3 is 5.97 Å². The molecule has 18 heavy (non-hydrogen) atoms. The van der Waals surface area contributed by atoms with Gasteiger partial charge in [0.25, 0.3) is 0 Å². The Morgan fingerprint density at radius 2 is 2.17 bits per heavy atom. The van der Waals surface area contributed by atoms with Crippen LogP contribution in [0.4, 0.5) is 0 Å². The van der Waals surface area contributed by atoms with Crippen LogP contribution in [-0.2, 0) is 4.79 Å². The highest BCUT2D eigenvalue weighted by atomic mass is 16.4. The molecule has 1 aliphatic carbocycles. The van der Waals surface area contributed by atoms with Crippen LogP contribution in [-0.4, -0.2) is 35.1 Å². The second-order valence-electron chi connectivity index (χ2n) is 6.50. The first-order chi connectivity index (χ1) is 8.51. The zero-order chi connectivity index (χ0) is 13.3. The topological polar surface area (TPSA) is 40.5 Å². The fourth-order valence-corrected chi connectivity index (χ4v) is 4.01. The number of likely N-dealkylation sites (tertiary alicyclic amines) is 1. The summed E-state index contributed by atoms with van der Waals surface area (Å²) in [5, 5.41) is 9.59. The van der Waals surface area contributed by atoms with Gasteiger partial charge in [0, 0.05) is 12.6 Å². The van der Waals surface area contributed by atoms with Crippen molar-refractivity contribution in [1.82, 2.24) is 4.90 Å². The van der Waals surface area contributed by atoms with Crippen molar-refractivity contribution >= 4 is 5.97 Å². The third-order valence-electron chi connectivity index (χ3n) is 5.47. The zero-order valence-electron chi connectivity index (χ0n) is 12.0. The minimum Gasteiger partial charge on any atom is -0.481 e. The van der Waals surface area contributed by atoms with Crippen molar-refractivity contribution in [3.8, 4) is 0 Å². The molecule has 3 atom stereocenters. The van der Waals surface area contributed by atoms with E-state index in [9.17, 15) is 9.90 Å². The smallest absolute Gasteiger partial charge is 0.311 e. The van der Waals surface area contributed by atoms with Crippen LogP contribution < -0.4 is 0 Å². The zero-order valence-corrected chi connectivity index (χ0v) is 12.0. The minimum absolute atomic E-state index is 0.224. The van der Waals surface area contributed by atoms with E-state index in [-0.39, 0.29) is 5.92 Å². The number of carboxylic acid groups (broad SMARTS) is 1. The molecule has 3 nitrogen and oxygen atoms in total. The van der Waals surface area contributed by atoms with Gasteiger partial charge in [-0.25, -0.2) is 0 Å². The summed E-state index contributed by atoms with van der Waals surface area (Å²) in [5.74, 6) is 0.425. The Kier molecular flexibility index (Phi) is 4.00. The number of nitrogens with zero attached hydrogens (tertiary/aromatic N) is 1. The van der Waals surface area contributed by atoms with Gasteiger partial charge in [-0.1, -0.05) is 33.6 Å². The SMILES string of the molecule is CCC1CCCC1N1CCC(C(=O)O)(C(C)C)C1. The van der Waals surface area contributed by atoms with Gasteiger partial charge in [-0.15, -0.1) is 0 Å². The van der Waals surface area contributed by atoms with E-state index in [0.717, 1.165) is 25.4 Å². The maximum absolute atomic E-state index is 11.6. The van der Waals surface area contributed by atoms with E-state index in [1.54, 1.807) is 0 Å². The van der Waals surface area contributed by atoms with Crippen LogP contribution in [0.3, 0.4) is 0 Å². The van der Waals surface area contributed by atoms with Gasteiger partial charge in [0.1, 0.15) is 0 Å². The normalized spacial score (nSPS) is 37.6. The van der Waals surface area contributed by atoms with E-state index in [2.05, 4.69) is 25.7 Å². The maximum atomic E-state index is 11.6. The number of carbonyl (C=O) groups is 1. The van der Waals surface area contributed by atoms with Crippen LogP contribution >= 0.6 is 0 Å². The summed E-state index contributed by atoms with van der Waals surface area (Å²) < 4.78 is 0. The van der Waals surface area contributed by atoms with E-state index < -0.39 is 11.4 Å². The molecular formula is C15H27NO2. The summed E-state index contributed by atoms with van der Waals surface area (Å²) in [6, 6.07) is 0.648. The van der Waals surface area contributed by atoms with Gasteiger partial charge in [0.15, 0.2) is 0 Å². The second-order valence-corrected chi connectivity index (χ2v) is 6.50. The van der Waals surface area contributed by atoms with Crippen LogP contribution in [0.5, 0.6) is 0 Å². The lowest BCUT2D eigenvalue weighted by atomic mass is 9.76. The number of hydrogen-bond donors (Lipinski definition) is 1. The van der Waals surface area contributed by atoms with Crippen molar-refractivity contribution in [3.05, 3.63) is 0 Å². The molecular weight excluding hydrogens is 226 g/mol. The molecule has 3 unspecified atom stereocenters. The molecule has 2 rings (SSSR count). The number of hydrogen-bond acceptors (Lipinski definition) is 2. The van der Waals surface area contributed by atoms with E-state index in [0.29, 0.717) is 6.04 Å². The Labute approximate surface area is 111 Å². The predicted molar refractivity (Wildman–Crippen MR) is 72.5 cm³/mol. The van der Waals surface area contributed by atoms with Gasteiger partial charge in [-0.3, -0.25) is 9.69 Å². The van der Waals surface area contributed by atoms with Gasteiger partial charge in [-0.05, 0) is 37.6 Å². The van der Waals surface area contributed by atoms with E-state index in [1.165, 1.54) is 25.7 Å². The first kappa shape index (κ1) is 13.9. The van der Waals surface area contributed by atoms with Crippen molar-refractivity contribution in [2.45, 2.75) is 58.9 Å². The number of rotatable bonds is 4. The molecule has 0 radical (unpaired) electrons. The highest BCUT2D eigenvalue weighted by Gasteiger charge is 2.49. The fourth-order valence-electron chi connectivity index (χ4n) is 4.01. The highest BCUT2D eigenvalue weighted by molar-refractivity contribution is 5.75. The molecule has 1 saturated carbocycles. The lowest BCUT2D eigenvalue weighted by Crippen LogP contribution is -2.42. The quantitative estimate of drug-likeness (QED) is 0.837. The molecule has 1 heterocycles. The Hall–Kier alpha value is -0.570. The van der Waals surface area contributed by atoms with Crippen LogP contribution in [0.1, 0.15) is 52.9 Å². The number of carboxylic acids is 1. The van der Waals surface area contributed by atoms with Crippen molar-refractivity contribution in [3.63, 3.8) is 0 Å². The molecule has 0 amide bonds. The Morgan fingerprint density at radius 3 is 2.67 bits per heavy atom. The van der Waals surface area contributed by atoms with Crippen LogP contribution in [0, 0.1) is 17.3 Å². The summed E-state index contributed by atoms with van der Waals surface area (Å²) in [7, 11) is 0. The molecule has 1 aliphatic heterocycles. The Balaban J connectivity index is 2.09. The average molecular weight is 253 g/mol. The second kappa shape index (κ2) is 5.20. The van der Waals surface area contributed by atoms with Gasteiger partial charge in [0.2, 0.25) is 0 Å². The first-order valence-electron chi connectivity index (χ1n) is 7.48. The largest absolute Gasteiger partial charge is 0.481 e. The summed E-state index contributed by atoms with van der Waals surface area (Å²) in [4.78, 5) is 14.1. The summed E-state index contributed by atoms with van der Waals surface area (Å²) in [6.07, 6.45) is 5.99. The molecule has 2 fully saturated rings. The van der Waals surface area contributed by atoms with Crippen molar-refractivity contribution in [2.24, 2.45) is 17.3 Å². The van der Waals surface area contributed by atoms with Crippen LogP contribution in [0.25, 0.3) is 0 Å². The van der Waals surface area contributed by atoms with Crippen molar-refractivity contribution in [1.29, 1.82) is 0 Å². The third-order valence-corrected chi connectivity index (χ3v) is 5.47. The molecule has 0 aromatic heterocycles. The fraction of sp³-hybridized carbons (Fsp3) is 0.933. The standard InChI is InChI=1S/C15H27NO2/c1-4-12-6-5-7-13(12)16-9-8-15(10-16,11(2)3)14(17)18/h11-13H,4-10H2,1-3H3,(H,17,18). The maximum Gasteiger partial charge on any atom is 0.311 e. The molecule has 3 heteroatoms. The molecule has 0 spiro atoms. The summed E-state index contributed by atoms with van der Waals surface area (Å²) >= 11 is 0. The van der Waals surface area contributed by atoms with Gasteiger partial charge < -0.3 is 5.11 Å². The summed E-state index contributed by atoms with van der Waals surface area (Å²) in [6.45, 7) is 8.13. The van der Waals surface area contributed by atoms with E-state index in [4.69, 9.17) is 0 Å². The van der Waals surface area contributed by atoms with Gasteiger partial charge in [0.05, 0.1) is 5.41 Å². The number of aliphatic carboxylic acids is 1. The van der Waals surface area contributed by atoms with E-state index >= 15 is 0 Å². The van der Waals surface area contributed by atoms with Crippen molar-refractivity contribution < 1.29 is 9.90 Å². The Bertz CT molecular complexity index is 316. The first-order valence-corrected chi connectivity index (χ1v) is 7.48. The lowest BCUT2D eigenvalue weighted by Gasteiger charge is -2.33. The Morgan fingerprint density at radius 1 is 1.44 bits per heavy atom. The van der Waals surface area contributed by atoms with Crippen molar-refractivity contribution in [2.75, 3.05) is 13.1 Å². The molecule has 0 bridgehead atoms. The summed E-state index contributed by atoms with van der Waals surface area (Å²) in [5.41, 5.74) is -0.499. The predicted octanol–water partition coefficient (Wildman–Crippen LogP) is 3.00. The van der Waals surface area contributed by atoms with Crippen LogP contribution in [0.2, 0.25) is 0 Å². The molecule has 1 N–H and O–H groups in total. The molecule has 0 aromatic carbocycles. The molecule has 1 saturated heterocycles. The lowest BCUT2D eigenvalue weighted by molar-refractivity contribution is -0.151. The molecule has 0 aromatic rings. The van der Waals surface area contributed by atoms with Crippen LogP contribution in [0.15, 0.2) is 0 Å².